The van der Waals surface area contributed by atoms with Gasteiger partial charge in [-0.2, -0.15) is 0 Å². The fourth-order valence-corrected chi connectivity index (χ4v) is 1.74. The summed E-state index contributed by atoms with van der Waals surface area (Å²) in [6.07, 6.45) is 5.21. The van der Waals surface area contributed by atoms with Crippen molar-refractivity contribution in [2.24, 2.45) is 0 Å². The third kappa shape index (κ3) is 1.89. The first-order chi connectivity index (χ1) is 4.84. The summed E-state index contributed by atoms with van der Waals surface area (Å²) >= 11 is 5.99. The minimum atomic E-state index is 1.01. The summed E-state index contributed by atoms with van der Waals surface area (Å²) in [6.45, 7) is 2.03. The molecule has 0 nitrogen and oxygen atoms in total. The van der Waals surface area contributed by atoms with Crippen LogP contribution in [0.4, 0.5) is 0 Å². The average Bonchev–Trinajstić information content (AvgIpc) is 2.31. The standard InChI is InChI=1S/C8H10S2/c1-2-3-4-7-5-6-10-8(7)9/h2-3,5-6,9H,4H2,1H3. The summed E-state index contributed by atoms with van der Waals surface area (Å²) in [5, 5.41) is 2.07. The van der Waals surface area contributed by atoms with E-state index in [4.69, 9.17) is 0 Å². The summed E-state index contributed by atoms with van der Waals surface area (Å²) < 4.78 is 1.14. The van der Waals surface area contributed by atoms with Crippen molar-refractivity contribution in [3.8, 4) is 0 Å². The van der Waals surface area contributed by atoms with Crippen molar-refractivity contribution in [2.75, 3.05) is 0 Å². The van der Waals surface area contributed by atoms with Gasteiger partial charge in [0.2, 0.25) is 0 Å². The first-order valence-electron chi connectivity index (χ1n) is 3.21. The molecule has 1 aromatic rings. The fraction of sp³-hybridized carbons (Fsp3) is 0.250. The number of rotatable bonds is 2. The minimum Gasteiger partial charge on any atom is -0.137 e. The van der Waals surface area contributed by atoms with Gasteiger partial charge in [0.1, 0.15) is 0 Å². The van der Waals surface area contributed by atoms with Gasteiger partial charge in [-0.05, 0) is 30.4 Å². The Hall–Kier alpha value is -0.210. The lowest BCUT2D eigenvalue weighted by molar-refractivity contribution is 1.24. The Bertz CT molecular complexity index is 223. The van der Waals surface area contributed by atoms with E-state index in [1.807, 2.05) is 6.92 Å². The first-order valence-corrected chi connectivity index (χ1v) is 4.53. The van der Waals surface area contributed by atoms with Crippen molar-refractivity contribution in [1.82, 2.24) is 0 Å². The molecule has 0 saturated carbocycles. The Kier molecular flexibility index (Phi) is 3.03. The molecule has 0 saturated heterocycles. The van der Waals surface area contributed by atoms with Gasteiger partial charge in [-0.1, -0.05) is 12.2 Å². The molecule has 0 bridgehead atoms. The van der Waals surface area contributed by atoms with Crippen molar-refractivity contribution in [1.29, 1.82) is 0 Å². The van der Waals surface area contributed by atoms with Gasteiger partial charge in [0.15, 0.2) is 0 Å². The van der Waals surface area contributed by atoms with Crippen LogP contribution in [0.1, 0.15) is 12.5 Å². The van der Waals surface area contributed by atoms with E-state index in [1.165, 1.54) is 5.56 Å². The highest BCUT2D eigenvalue weighted by molar-refractivity contribution is 7.82. The SMILES string of the molecule is CC=CCc1ccsc1S. The van der Waals surface area contributed by atoms with Crippen LogP contribution in [0.25, 0.3) is 0 Å². The largest absolute Gasteiger partial charge is 0.137 e. The lowest BCUT2D eigenvalue weighted by atomic mass is 10.2. The third-order valence-corrected chi connectivity index (χ3v) is 2.66. The molecule has 0 N–H and O–H groups in total. The molecule has 2 heteroatoms. The van der Waals surface area contributed by atoms with E-state index in [2.05, 4.69) is 36.2 Å². The van der Waals surface area contributed by atoms with Crippen molar-refractivity contribution >= 4 is 24.0 Å². The number of allylic oxidation sites excluding steroid dienone is 2. The Labute approximate surface area is 71.0 Å². The molecule has 0 aliphatic heterocycles. The second-order valence-electron chi connectivity index (χ2n) is 2.02. The van der Waals surface area contributed by atoms with Crippen LogP contribution < -0.4 is 0 Å². The van der Waals surface area contributed by atoms with Gasteiger partial charge in [0.05, 0.1) is 4.21 Å². The van der Waals surface area contributed by atoms with E-state index >= 15 is 0 Å². The van der Waals surface area contributed by atoms with Crippen molar-refractivity contribution in [2.45, 2.75) is 17.6 Å². The molecule has 0 atom stereocenters. The molecule has 1 rings (SSSR count). The number of hydrogen-bond donors (Lipinski definition) is 1. The molecule has 54 valence electrons. The van der Waals surface area contributed by atoms with E-state index in [1.54, 1.807) is 11.3 Å². The molecule has 10 heavy (non-hydrogen) atoms. The zero-order valence-corrected chi connectivity index (χ0v) is 7.58. The average molecular weight is 170 g/mol. The second-order valence-corrected chi connectivity index (χ2v) is 3.69. The predicted molar refractivity (Wildman–Crippen MR) is 50.1 cm³/mol. The first kappa shape index (κ1) is 7.89. The highest BCUT2D eigenvalue weighted by Gasteiger charge is 1.95. The quantitative estimate of drug-likeness (QED) is 0.511. The van der Waals surface area contributed by atoms with Gasteiger partial charge in [0, 0.05) is 0 Å². The van der Waals surface area contributed by atoms with Gasteiger partial charge in [-0.3, -0.25) is 0 Å². The normalized spacial score (nSPS) is 11.0. The summed E-state index contributed by atoms with van der Waals surface area (Å²) in [5.41, 5.74) is 1.33. The van der Waals surface area contributed by atoms with E-state index in [0.29, 0.717) is 0 Å². The molecular formula is C8H10S2. The molecule has 0 radical (unpaired) electrons. The van der Waals surface area contributed by atoms with Crippen LogP contribution in [0, 0.1) is 0 Å². The zero-order chi connectivity index (χ0) is 7.40. The molecule has 1 heterocycles. The fourth-order valence-electron chi connectivity index (χ4n) is 0.728. The van der Waals surface area contributed by atoms with Gasteiger partial charge in [-0.15, -0.1) is 24.0 Å². The maximum absolute atomic E-state index is 4.31. The van der Waals surface area contributed by atoms with E-state index < -0.39 is 0 Å². The Morgan fingerprint density at radius 3 is 3.00 bits per heavy atom. The highest BCUT2D eigenvalue weighted by atomic mass is 32.2. The van der Waals surface area contributed by atoms with Crippen LogP contribution in [0.5, 0.6) is 0 Å². The van der Waals surface area contributed by atoms with Crippen LogP contribution in [0.15, 0.2) is 27.8 Å². The van der Waals surface area contributed by atoms with E-state index in [0.717, 1.165) is 10.6 Å². The molecule has 0 amide bonds. The monoisotopic (exact) mass is 170 g/mol. The summed E-state index contributed by atoms with van der Waals surface area (Å²) in [4.78, 5) is 0. The van der Waals surface area contributed by atoms with Crippen LogP contribution >= 0.6 is 24.0 Å². The Morgan fingerprint density at radius 1 is 1.70 bits per heavy atom. The molecule has 0 aliphatic carbocycles. The van der Waals surface area contributed by atoms with Gasteiger partial charge < -0.3 is 0 Å². The van der Waals surface area contributed by atoms with Crippen LogP contribution in [-0.4, -0.2) is 0 Å². The maximum atomic E-state index is 4.31. The number of hydrogen-bond acceptors (Lipinski definition) is 2. The summed E-state index contributed by atoms with van der Waals surface area (Å²) in [6, 6.07) is 2.12. The predicted octanol–water partition coefficient (Wildman–Crippen LogP) is 3.16. The smallest absolute Gasteiger partial charge is 0.0603 e. The molecule has 0 aliphatic rings. The van der Waals surface area contributed by atoms with Gasteiger partial charge in [0.25, 0.3) is 0 Å². The van der Waals surface area contributed by atoms with Crippen LogP contribution in [0.3, 0.4) is 0 Å². The molecule has 0 unspecified atom stereocenters. The minimum absolute atomic E-state index is 1.01. The van der Waals surface area contributed by atoms with Crippen molar-refractivity contribution < 1.29 is 0 Å². The van der Waals surface area contributed by atoms with Gasteiger partial charge in [-0.25, -0.2) is 0 Å². The summed E-state index contributed by atoms with van der Waals surface area (Å²) in [5.74, 6) is 0. The summed E-state index contributed by atoms with van der Waals surface area (Å²) in [7, 11) is 0. The number of thiol groups is 1. The van der Waals surface area contributed by atoms with Gasteiger partial charge >= 0.3 is 0 Å². The molecule has 1 aromatic heterocycles. The molecule has 0 aromatic carbocycles. The number of thiophene rings is 1. The third-order valence-electron chi connectivity index (χ3n) is 1.30. The molecule has 0 fully saturated rings. The van der Waals surface area contributed by atoms with E-state index in [9.17, 15) is 0 Å². The zero-order valence-electron chi connectivity index (χ0n) is 5.87. The Balaban J connectivity index is 2.65. The van der Waals surface area contributed by atoms with Crippen molar-refractivity contribution in [3.05, 3.63) is 29.2 Å². The Morgan fingerprint density at radius 2 is 2.50 bits per heavy atom. The lowest BCUT2D eigenvalue weighted by Crippen LogP contribution is -1.74. The van der Waals surface area contributed by atoms with Crippen LogP contribution in [-0.2, 0) is 6.42 Å². The lowest BCUT2D eigenvalue weighted by Gasteiger charge is -1.89. The van der Waals surface area contributed by atoms with Crippen molar-refractivity contribution in [3.63, 3.8) is 0 Å². The van der Waals surface area contributed by atoms with Crippen LogP contribution in [0.2, 0.25) is 0 Å². The van der Waals surface area contributed by atoms with E-state index in [-0.39, 0.29) is 0 Å². The molecular weight excluding hydrogens is 160 g/mol. The maximum Gasteiger partial charge on any atom is 0.0603 e. The second kappa shape index (κ2) is 3.84. The topological polar surface area (TPSA) is 0 Å². The molecule has 0 spiro atoms. The highest BCUT2D eigenvalue weighted by Crippen LogP contribution is 2.21.